The number of carboxylic acid groups (broad SMARTS) is 1. The summed E-state index contributed by atoms with van der Waals surface area (Å²) in [5, 5.41) is 21.2. The highest BCUT2D eigenvalue weighted by atomic mass is 16.4. The minimum Gasteiger partial charge on any atom is -0.480 e. The quantitative estimate of drug-likeness (QED) is 0.636. The molecule has 7 heteroatoms. The fourth-order valence-corrected chi connectivity index (χ4v) is 2.34. The van der Waals surface area contributed by atoms with Crippen LogP contribution in [0.4, 0.5) is 0 Å². The monoisotopic (exact) mass is 286 g/mol. The maximum Gasteiger partial charge on any atom is 0.326 e. The number of carboxylic acids is 1. The number of carbonyl (C=O) groups is 3. The summed E-state index contributed by atoms with van der Waals surface area (Å²) in [5.41, 5.74) is 0. The van der Waals surface area contributed by atoms with Crippen LogP contribution in [-0.2, 0) is 14.4 Å². The molecule has 1 saturated heterocycles. The number of hydrogen-bond donors (Lipinski definition) is 3. The van der Waals surface area contributed by atoms with Crippen molar-refractivity contribution in [3.8, 4) is 0 Å². The lowest BCUT2D eigenvalue weighted by Gasteiger charge is -2.26. The van der Waals surface area contributed by atoms with Crippen LogP contribution in [0, 0.1) is 5.92 Å². The highest BCUT2D eigenvalue weighted by molar-refractivity contribution is 5.90. The average Bonchev–Trinajstić information content (AvgIpc) is 2.76. The molecule has 3 N–H and O–H groups in total. The van der Waals surface area contributed by atoms with Gasteiger partial charge in [-0.15, -0.1) is 0 Å². The Morgan fingerprint density at radius 2 is 2.00 bits per heavy atom. The van der Waals surface area contributed by atoms with E-state index in [0.29, 0.717) is 6.42 Å². The van der Waals surface area contributed by atoms with E-state index in [1.807, 2.05) is 6.92 Å². The van der Waals surface area contributed by atoms with Crippen LogP contribution in [0.15, 0.2) is 0 Å². The van der Waals surface area contributed by atoms with Crippen LogP contribution in [-0.4, -0.2) is 57.6 Å². The first-order valence-corrected chi connectivity index (χ1v) is 6.76. The summed E-state index contributed by atoms with van der Waals surface area (Å²) in [5.74, 6) is -2.14. The Labute approximate surface area is 117 Å². The van der Waals surface area contributed by atoms with Crippen molar-refractivity contribution in [3.63, 3.8) is 0 Å². The molecular weight excluding hydrogens is 264 g/mol. The zero-order chi connectivity index (χ0) is 15.4. The van der Waals surface area contributed by atoms with Crippen molar-refractivity contribution in [3.05, 3.63) is 0 Å². The van der Waals surface area contributed by atoms with Gasteiger partial charge in [0.1, 0.15) is 12.1 Å². The smallest absolute Gasteiger partial charge is 0.326 e. The van der Waals surface area contributed by atoms with Crippen molar-refractivity contribution < 1.29 is 24.6 Å². The van der Waals surface area contributed by atoms with Crippen LogP contribution in [0.2, 0.25) is 0 Å². The number of rotatable bonds is 5. The maximum atomic E-state index is 12.2. The normalized spacial score (nSPS) is 25.1. The first kappa shape index (κ1) is 16.4. The zero-order valence-corrected chi connectivity index (χ0v) is 12.0. The van der Waals surface area contributed by atoms with Crippen LogP contribution in [0.25, 0.3) is 0 Å². The minimum absolute atomic E-state index is 0.106. The summed E-state index contributed by atoms with van der Waals surface area (Å²) in [6.07, 6.45) is 0.000639. The third-order valence-electron chi connectivity index (χ3n) is 3.76. The summed E-state index contributed by atoms with van der Waals surface area (Å²) in [6.45, 7) is 5.01. The van der Waals surface area contributed by atoms with Gasteiger partial charge in [-0.25, -0.2) is 4.79 Å². The molecule has 0 aromatic heterocycles. The van der Waals surface area contributed by atoms with Crippen molar-refractivity contribution >= 4 is 17.8 Å². The molecule has 0 radical (unpaired) electrons. The summed E-state index contributed by atoms with van der Waals surface area (Å²) >= 11 is 0. The van der Waals surface area contributed by atoms with Gasteiger partial charge in [0.05, 0.1) is 6.10 Å². The van der Waals surface area contributed by atoms with Crippen LogP contribution in [0.5, 0.6) is 0 Å². The predicted molar refractivity (Wildman–Crippen MR) is 70.8 cm³/mol. The summed E-state index contributed by atoms with van der Waals surface area (Å²) < 4.78 is 0. The Kier molecular flexibility index (Phi) is 5.50. The SMILES string of the molecule is CC[C@H](C)[C@H](NC(=O)[C@@H]1CC(O)CN1C(C)=O)C(=O)O. The van der Waals surface area contributed by atoms with Crippen molar-refractivity contribution in [1.29, 1.82) is 0 Å². The van der Waals surface area contributed by atoms with E-state index in [9.17, 15) is 19.5 Å². The van der Waals surface area contributed by atoms with E-state index in [2.05, 4.69) is 5.32 Å². The lowest BCUT2D eigenvalue weighted by molar-refractivity contribution is -0.144. The number of nitrogens with zero attached hydrogens (tertiary/aromatic N) is 1. The molecule has 0 aliphatic carbocycles. The third-order valence-corrected chi connectivity index (χ3v) is 3.76. The molecule has 1 unspecified atom stereocenters. The van der Waals surface area contributed by atoms with Crippen molar-refractivity contribution in [2.45, 2.75) is 51.8 Å². The number of aliphatic carboxylic acids is 1. The molecule has 0 saturated carbocycles. The summed E-state index contributed by atoms with van der Waals surface area (Å²) in [6, 6.07) is -1.78. The second-order valence-electron chi connectivity index (χ2n) is 5.29. The maximum absolute atomic E-state index is 12.2. The Hall–Kier alpha value is -1.63. The van der Waals surface area contributed by atoms with Gasteiger partial charge < -0.3 is 20.4 Å². The number of nitrogens with one attached hydrogen (secondary N) is 1. The number of hydrogen-bond acceptors (Lipinski definition) is 4. The number of aliphatic hydroxyl groups is 1. The molecule has 4 atom stereocenters. The van der Waals surface area contributed by atoms with Crippen LogP contribution in [0.3, 0.4) is 0 Å². The fraction of sp³-hybridized carbons (Fsp3) is 0.769. The molecule has 20 heavy (non-hydrogen) atoms. The van der Waals surface area contributed by atoms with E-state index in [0.717, 1.165) is 0 Å². The van der Waals surface area contributed by atoms with Gasteiger partial charge in [-0.05, 0) is 5.92 Å². The Balaban J connectivity index is 2.78. The molecule has 0 aromatic rings. The minimum atomic E-state index is -1.10. The van der Waals surface area contributed by atoms with Gasteiger partial charge in [0, 0.05) is 19.9 Å². The van der Waals surface area contributed by atoms with Gasteiger partial charge in [-0.1, -0.05) is 20.3 Å². The second kappa shape index (κ2) is 6.69. The van der Waals surface area contributed by atoms with E-state index in [1.54, 1.807) is 6.92 Å². The van der Waals surface area contributed by atoms with Crippen LogP contribution >= 0.6 is 0 Å². The molecule has 0 spiro atoms. The van der Waals surface area contributed by atoms with Gasteiger partial charge in [0.15, 0.2) is 0 Å². The zero-order valence-electron chi connectivity index (χ0n) is 12.0. The van der Waals surface area contributed by atoms with Gasteiger partial charge >= 0.3 is 5.97 Å². The Morgan fingerprint density at radius 1 is 1.40 bits per heavy atom. The lowest BCUT2D eigenvalue weighted by atomic mass is 9.98. The first-order valence-electron chi connectivity index (χ1n) is 6.76. The largest absolute Gasteiger partial charge is 0.480 e. The average molecular weight is 286 g/mol. The molecular formula is C13H22N2O5. The Bertz CT molecular complexity index is 398. The van der Waals surface area contributed by atoms with E-state index in [1.165, 1.54) is 11.8 Å². The molecule has 0 bridgehead atoms. The van der Waals surface area contributed by atoms with E-state index < -0.39 is 30.1 Å². The third kappa shape index (κ3) is 3.69. The molecule has 1 fully saturated rings. The number of likely N-dealkylation sites (tertiary alicyclic amines) is 1. The number of β-amino-alcohol motifs (C(OH)–C–C–N with tert-alkyl or cyclic N) is 1. The summed E-state index contributed by atoms with van der Waals surface area (Å²) in [7, 11) is 0. The molecule has 1 aliphatic heterocycles. The number of aliphatic hydroxyl groups excluding tert-OH is 1. The van der Waals surface area contributed by atoms with E-state index in [-0.39, 0.29) is 24.8 Å². The molecule has 7 nitrogen and oxygen atoms in total. The van der Waals surface area contributed by atoms with Crippen molar-refractivity contribution in [1.82, 2.24) is 10.2 Å². The number of carbonyl (C=O) groups excluding carboxylic acids is 2. The van der Waals surface area contributed by atoms with Crippen molar-refractivity contribution in [2.24, 2.45) is 5.92 Å². The van der Waals surface area contributed by atoms with Gasteiger partial charge in [-0.3, -0.25) is 9.59 Å². The van der Waals surface area contributed by atoms with Gasteiger partial charge in [0.2, 0.25) is 11.8 Å². The van der Waals surface area contributed by atoms with Crippen LogP contribution in [0.1, 0.15) is 33.6 Å². The predicted octanol–water partition coefficient (Wildman–Crippen LogP) is -0.416. The second-order valence-corrected chi connectivity index (χ2v) is 5.29. The molecule has 1 heterocycles. The number of amides is 2. The van der Waals surface area contributed by atoms with Crippen LogP contribution < -0.4 is 5.32 Å². The standard InChI is InChI=1S/C13H22N2O5/c1-4-7(2)11(13(19)20)14-12(18)10-5-9(17)6-15(10)8(3)16/h7,9-11,17H,4-6H2,1-3H3,(H,14,18)(H,19,20)/t7-,9?,10-,11-/m0/s1. The molecule has 1 aliphatic rings. The topological polar surface area (TPSA) is 107 Å². The van der Waals surface area contributed by atoms with Gasteiger partial charge in [-0.2, -0.15) is 0 Å². The fourth-order valence-electron chi connectivity index (χ4n) is 2.34. The summed E-state index contributed by atoms with van der Waals surface area (Å²) in [4.78, 5) is 36.1. The Morgan fingerprint density at radius 3 is 2.45 bits per heavy atom. The highest BCUT2D eigenvalue weighted by Gasteiger charge is 2.39. The molecule has 0 aromatic carbocycles. The molecule has 1 rings (SSSR count). The molecule has 114 valence electrons. The van der Waals surface area contributed by atoms with Gasteiger partial charge in [0.25, 0.3) is 0 Å². The van der Waals surface area contributed by atoms with E-state index >= 15 is 0 Å². The highest BCUT2D eigenvalue weighted by Crippen LogP contribution is 2.19. The lowest BCUT2D eigenvalue weighted by Crippen LogP contribution is -2.52. The first-order chi connectivity index (χ1) is 9.27. The van der Waals surface area contributed by atoms with E-state index in [4.69, 9.17) is 5.11 Å². The molecule has 2 amide bonds. The van der Waals surface area contributed by atoms with Crippen molar-refractivity contribution in [2.75, 3.05) is 6.54 Å².